The van der Waals surface area contributed by atoms with Gasteiger partial charge >= 0.3 is 0 Å². The highest BCUT2D eigenvalue weighted by atomic mass is 32.1. The molecule has 45 heavy (non-hydrogen) atoms. The third kappa shape index (κ3) is 3.68. The zero-order valence-corrected chi connectivity index (χ0v) is 25.1. The Morgan fingerprint density at radius 2 is 1.11 bits per heavy atom. The van der Waals surface area contributed by atoms with Gasteiger partial charge in [-0.05, 0) is 82.9 Å². The topological polar surface area (TPSA) is 20.7 Å². The Balaban J connectivity index is 1.16. The highest BCUT2D eigenvalue weighted by Gasteiger charge is 2.16. The number of para-hydroxylation sites is 2. The van der Waals surface area contributed by atoms with Crippen molar-refractivity contribution in [3.05, 3.63) is 152 Å². The third-order valence-corrected chi connectivity index (χ3v) is 10.5. The van der Waals surface area contributed by atoms with Gasteiger partial charge in [0.25, 0.3) is 0 Å². The summed E-state index contributed by atoms with van der Waals surface area (Å²) in [4.78, 5) is 3.56. The monoisotopic (exact) mass is 590 g/mol. The first-order chi connectivity index (χ1) is 22.3. The zero-order valence-electron chi connectivity index (χ0n) is 24.3. The Morgan fingerprint density at radius 3 is 2.04 bits per heavy atom. The molecule has 0 unspecified atom stereocenters. The fourth-order valence-electron chi connectivity index (χ4n) is 7.29. The fraction of sp³-hybridized carbons (Fsp3) is 0. The maximum atomic E-state index is 3.56. The van der Waals surface area contributed by atoms with Crippen molar-refractivity contribution in [3.8, 4) is 27.9 Å². The van der Waals surface area contributed by atoms with Gasteiger partial charge < -0.3 is 9.55 Å². The van der Waals surface area contributed by atoms with Gasteiger partial charge in [-0.1, -0.05) is 91.0 Å². The van der Waals surface area contributed by atoms with Gasteiger partial charge in [-0.15, -0.1) is 11.3 Å². The molecule has 3 heteroatoms. The van der Waals surface area contributed by atoms with Crippen molar-refractivity contribution in [2.24, 2.45) is 0 Å². The first-order valence-electron chi connectivity index (χ1n) is 15.4. The first-order valence-corrected chi connectivity index (χ1v) is 16.2. The number of aromatic nitrogens is 2. The molecule has 1 N–H and O–H groups in total. The number of benzene rings is 7. The van der Waals surface area contributed by atoms with E-state index >= 15 is 0 Å². The molecule has 0 aliphatic carbocycles. The number of fused-ring (bicyclic) bond motifs is 9. The number of nitrogens with one attached hydrogen (secondary N) is 1. The second-order valence-electron chi connectivity index (χ2n) is 11.8. The number of aromatic amines is 1. The van der Waals surface area contributed by atoms with E-state index in [1.165, 1.54) is 91.7 Å². The van der Waals surface area contributed by atoms with Crippen molar-refractivity contribution in [2.45, 2.75) is 0 Å². The van der Waals surface area contributed by atoms with Gasteiger partial charge in [-0.2, -0.15) is 0 Å². The minimum absolute atomic E-state index is 1.17. The van der Waals surface area contributed by atoms with Crippen LogP contribution in [-0.2, 0) is 0 Å². The molecule has 0 bridgehead atoms. The molecule has 0 fully saturated rings. The molecule has 2 nitrogen and oxygen atoms in total. The largest absolute Gasteiger partial charge is 0.355 e. The lowest BCUT2D eigenvalue weighted by molar-refractivity contribution is 1.18. The number of hydrogen-bond donors (Lipinski definition) is 1. The van der Waals surface area contributed by atoms with Crippen LogP contribution in [0.25, 0.3) is 91.7 Å². The number of thiophene rings is 1. The SMILES string of the molecule is c1cc(-c2cccc3sc4ccccc4c23)cc(-n2c3ccccc3c3cc(-c4ccc5[nH]c6ccccc6c5c4)ccc32)c1. The lowest BCUT2D eigenvalue weighted by Crippen LogP contribution is -1.94. The first kappa shape index (κ1) is 24.8. The summed E-state index contributed by atoms with van der Waals surface area (Å²) in [7, 11) is 0. The lowest BCUT2D eigenvalue weighted by Gasteiger charge is -2.12. The van der Waals surface area contributed by atoms with Crippen LogP contribution in [0.5, 0.6) is 0 Å². The van der Waals surface area contributed by atoms with Crippen LogP contribution in [0.15, 0.2) is 152 Å². The van der Waals surface area contributed by atoms with E-state index in [1.54, 1.807) is 0 Å². The number of H-pyrrole nitrogens is 1. The van der Waals surface area contributed by atoms with Gasteiger partial charge in [-0.25, -0.2) is 0 Å². The van der Waals surface area contributed by atoms with Crippen LogP contribution in [0.1, 0.15) is 0 Å². The maximum Gasteiger partial charge on any atom is 0.0541 e. The minimum Gasteiger partial charge on any atom is -0.355 e. The van der Waals surface area contributed by atoms with E-state index in [1.807, 2.05) is 11.3 Å². The zero-order chi connectivity index (χ0) is 29.5. The summed E-state index contributed by atoms with van der Waals surface area (Å²) < 4.78 is 5.08. The van der Waals surface area contributed by atoms with Crippen LogP contribution in [0.4, 0.5) is 0 Å². The van der Waals surface area contributed by atoms with Crippen LogP contribution < -0.4 is 0 Å². The smallest absolute Gasteiger partial charge is 0.0541 e. The van der Waals surface area contributed by atoms with Crippen molar-refractivity contribution in [1.29, 1.82) is 0 Å². The molecule has 0 amide bonds. The van der Waals surface area contributed by atoms with E-state index < -0.39 is 0 Å². The predicted octanol–water partition coefficient (Wildman–Crippen LogP) is 12.1. The van der Waals surface area contributed by atoms with Gasteiger partial charge in [0.15, 0.2) is 0 Å². The molecule has 3 aromatic heterocycles. The molecule has 0 spiro atoms. The van der Waals surface area contributed by atoms with Gasteiger partial charge in [-0.3, -0.25) is 0 Å². The Bertz CT molecular complexity index is 2770. The second-order valence-corrected chi connectivity index (χ2v) is 12.9. The Kier molecular flexibility index (Phi) is 5.19. The predicted molar refractivity (Wildman–Crippen MR) is 194 cm³/mol. The molecular formula is C42H26N2S. The summed E-state index contributed by atoms with van der Waals surface area (Å²) in [6, 6.07) is 55.5. The van der Waals surface area contributed by atoms with E-state index in [2.05, 4.69) is 161 Å². The van der Waals surface area contributed by atoms with E-state index in [-0.39, 0.29) is 0 Å². The van der Waals surface area contributed by atoms with E-state index in [0.29, 0.717) is 0 Å². The summed E-state index contributed by atoms with van der Waals surface area (Å²) in [6.07, 6.45) is 0. The normalized spacial score (nSPS) is 12.0. The molecule has 7 aromatic carbocycles. The van der Waals surface area contributed by atoms with Crippen LogP contribution in [-0.4, -0.2) is 9.55 Å². The molecular weight excluding hydrogens is 565 g/mol. The van der Waals surface area contributed by atoms with Crippen LogP contribution in [0, 0.1) is 0 Å². The summed E-state index contributed by atoms with van der Waals surface area (Å²) in [6.45, 7) is 0. The van der Waals surface area contributed by atoms with Crippen molar-refractivity contribution in [1.82, 2.24) is 9.55 Å². The molecule has 0 saturated heterocycles. The molecule has 0 saturated carbocycles. The third-order valence-electron chi connectivity index (χ3n) is 9.33. The van der Waals surface area contributed by atoms with Crippen molar-refractivity contribution >= 4 is 75.1 Å². The molecule has 0 radical (unpaired) electrons. The van der Waals surface area contributed by atoms with E-state index in [4.69, 9.17) is 0 Å². The highest BCUT2D eigenvalue weighted by molar-refractivity contribution is 7.25. The molecule has 0 aliphatic heterocycles. The van der Waals surface area contributed by atoms with E-state index in [0.717, 1.165) is 0 Å². The highest BCUT2D eigenvalue weighted by Crippen LogP contribution is 2.41. The van der Waals surface area contributed by atoms with Crippen molar-refractivity contribution < 1.29 is 0 Å². The number of rotatable bonds is 3. The van der Waals surface area contributed by atoms with Gasteiger partial charge in [0.1, 0.15) is 0 Å². The standard InChI is InChI=1S/C42H26N2S/c1-4-15-36-31(11-1)34-24-26(19-21-37(34)43-36)27-20-22-39-35(25-27)32-12-2-5-16-38(32)44(39)29-10-7-9-28(23-29)30-14-8-18-41-42(30)33-13-3-6-17-40(33)45-41/h1-25,43H. The quantitative estimate of drug-likeness (QED) is 0.211. The van der Waals surface area contributed by atoms with Crippen LogP contribution >= 0.6 is 11.3 Å². The molecule has 10 aromatic rings. The lowest BCUT2D eigenvalue weighted by atomic mass is 9.99. The van der Waals surface area contributed by atoms with E-state index in [9.17, 15) is 0 Å². The maximum absolute atomic E-state index is 3.56. The molecule has 0 aliphatic rings. The molecule has 0 atom stereocenters. The Morgan fingerprint density at radius 1 is 0.422 bits per heavy atom. The summed E-state index contributed by atoms with van der Waals surface area (Å²) >= 11 is 1.87. The number of nitrogens with zero attached hydrogens (tertiary/aromatic N) is 1. The molecule has 10 rings (SSSR count). The Labute approximate surface area is 263 Å². The average Bonchev–Trinajstić information content (AvgIpc) is 3.77. The molecule has 3 heterocycles. The average molecular weight is 591 g/mol. The second kappa shape index (κ2) is 9.43. The van der Waals surface area contributed by atoms with Crippen LogP contribution in [0.2, 0.25) is 0 Å². The fourth-order valence-corrected chi connectivity index (χ4v) is 8.42. The van der Waals surface area contributed by atoms with Crippen LogP contribution in [0.3, 0.4) is 0 Å². The number of hydrogen-bond acceptors (Lipinski definition) is 1. The Hall–Kier alpha value is -5.64. The van der Waals surface area contributed by atoms with Gasteiger partial charge in [0.2, 0.25) is 0 Å². The minimum atomic E-state index is 1.17. The van der Waals surface area contributed by atoms with Crippen molar-refractivity contribution in [2.75, 3.05) is 0 Å². The summed E-state index contributed by atoms with van der Waals surface area (Å²) in [5, 5.41) is 7.72. The summed E-state index contributed by atoms with van der Waals surface area (Å²) in [5.74, 6) is 0. The van der Waals surface area contributed by atoms with Gasteiger partial charge in [0.05, 0.1) is 11.0 Å². The summed E-state index contributed by atoms with van der Waals surface area (Å²) in [5.41, 5.74) is 10.9. The van der Waals surface area contributed by atoms with Crippen molar-refractivity contribution in [3.63, 3.8) is 0 Å². The molecule has 210 valence electrons. The van der Waals surface area contributed by atoms with Gasteiger partial charge in [0, 0.05) is 58.4 Å².